The maximum Gasteiger partial charge on any atom is 0.336 e. The van der Waals surface area contributed by atoms with Crippen molar-refractivity contribution in [3.8, 4) is 0 Å². The summed E-state index contributed by atoms with van der Waals surface area (Å²) in [6.07, 6.45) is 7.07. The Hall–Kier alpha value is -2.62. The summed E-state index contributed by atoms with van der Waals surface area (Å²) in [6.45, 7) is 2.02. The predicted molar refractivity (Wildman–Crippen MR) is 88.7 cm³/mol. The molecule has 0 unspecified atom stereocenters. The van der Waals surface area contributed by atoms with Gasteiger partial charge in [-0.25, -0.2) is 4.79 Å². The Morgan fingerprint density at radius 3 is 2.91 bits per heavy atom. The number of hydrogen-bond acceptors (Lipinski definition) is 3. The standard InChI is InChI=1S/C19H18N2O2/c1-11-8-9-14(19(22)23)16-12-5-4-6-13(12)18(21-17(11)16)15-7-2-3-10-20-15/h2-5,7-10,12-13,18,21H,6H2,1H3,(H,22,23)/t12-,13-,18+/m1/s1. The molecular weight excluding hydrogens is 288 g/mol. The summed E-state index contributed by atoms with van der Waals surface area (Å²) in [6, 6.07) is 9.66. The lowest BCUT2D eigenvalue weighted by Gasteiger charge is -2.38. The number of aryl methyl sites for hydroxylation is 1. The number of pyridine rings is 1. The van der Waals surface area contributed by atoms with Gasteiger partial charge in [0.2, 0.25) is 0 Å². The summed E-state index contributed by atoms with van der Waals surface area (Å²) in [5.74, 6) is -0.431. The first-order valence-electron chi connectivity index (χ1n) is 7.87. The zero-order valence-electron chi connectivity index (χ0n) is 12.9. The molecule has 1 aliphatic heterocycles. The van der Waals surface area contributed by atoms with Gasteiger partial charge in [0.25, 0.3) is 0 Å². The van der Waals surface area contributed by atoms with E-state index in [-0.39, 0.29) is 12.0 Å². The molecule has 0 bridgehead atoms. The second-order valence-corrected chi connectivity index (χ2v) is 6.25. The fourth-order valence-electron chi connectivity index (χ4n) is 3.89. The molecule has 1 aliphatic carbocycles. The van der Waals surface area contributed by atoms with E-state index >= 15 is 0 Å². The third-order valence-corrected chi connectivity index (χ3v) is 4.96. The molecule has 0 radical (unpaired) electrons. The Morgan fingerprint density at radius 2 is 2.17 bits per heavy atom. The molecule has 4 rings (SSSR count). The number of nitrogens with one attached hydrogen (secondary N) is 1. The van der Waals surface area contributed by atoms with E-state index in [1.807, 2.05) is 37.4 Å². The number of carboxylic acids is 1. The molecule has 2 aliphatic rings. The van der Waals surface area contributed by atoms with Gasteiger partial charge in [-0.2, -0.15) is 0 Å². The Kier molecular flexibility index (Phi) is 3.18. The number of allylic oxidation sites excluding steroid dienone is 2. The van der Waals surface area contributed by atoms with E-state index in [1.54, 1.807) is 6.07 Å². The Bertz CT molecular complexity index is 799. The van der Waals surface area contributed by atoms with Crippen LogP contribution in [0.4, 0.5) is 5.69 Å². The van der Waals surface area contributed by atoms with Gasteiger partial charge in [0.15, 0.2) is 0 Å². The number of rotatable bonds is 2. The number of carbonyl (C=O) groups is 1. The molecule has 3 atom stereocenters. The quantitative estimate of drug-likeness (QED) is 0.826. The van der Waals surface area contributed by atoms with Crippen LogP contribution in [-0.2, 0) is 0 Å². The number of aromatic carboxylic acids is 1. The molecule has 1 aromatic carbocycles. The topological polar surface area (TPSA) is 62.2 Å². The van der Waals surface area contributed by atoms with Gasteiger partial charge in [0.1, 0.15) is 0 Å². The molecule has 2 heterocycles. The van der Waals surface area contributed by atoms with Gasteiger partial charge in [0.05, 0.1) is 17.3 Å². The zero-order chi connectivity index (χ0) is 16.0. The maximum absolute atomic E-state index is 11.7. The first-order chi connectivity index (χ1) is 11.2. The fourth-order valence-corrected chi connectivity index (χ4v) is 3.89. The van der Waals surface area contributed by atoms with Crippen molar-refractivity contribution in [3.63, 3.8) is 0 Å². The highest BCUT2D eigenvalue weighted by atomic mass is 16.4. The van der Waals surface area contributed by atoms with E-state index in [2.05, 4.69) is 22.5 Å². The van der Waals surface area contributed by atoms with Crippen LogP contribution in [0.5, 0.6) is 0 Å². The molecule has 0 fully saturated rings. The van der Waals surface area contributed by atoms with Crippen molar-refractivity contribution in [1.29, 1.82) is 0 Å². The van der Waals surface area contributed by atoms with E-state index in [4.69, 9.17) is 0 Å². The van der Waals surface area contributed by atoms with Crippen molar-refractivity contribution in [1.82, 2.24) is 4.98 Å². The van der Waals surface area contributed by atoms with Gasteiger partial charge in [-0.1, -0.05) is 24.3 Å². The summed E-state index contributed by atoms with van der Waals surface area (Å²) >= 11 is 0. The van der Waals surface area contributed by atoms with Crippen LogP contribution in [0.25, 0.3) is 0 Å². The van der Waals surface area contributed by atoms with Crippen molar-refractivity contribution in [3.05, 3.63) is 71.1 Å². The molecule has 2 aromatic rings. The van der Waals surface area contributed by atoms with Crippen LogP contribution in [0.2, 0.25) is 0 Å². The SMILES string of the molecule is Cc1ccc(C(=O)O)c2c1N[C@H](c1ccccn1)[C@@H]1CC=C[C@@H]21. The molecule has 0 spiro atoms. The second kappa shape index (κ2) is 5.23. The van der Waals surface area contributed by atoms with Gasteiger partial charge in [-0.05, 0) is 48.6 Å². The van der Waals surface area contributed by atoms with Gasteiger partial charge in [0, 0.05) is 17.8 Å². The molecule has 23 heavy (non-hydrogen) atoms. The predicted octanol–water partition coefficient (Wildman–Crippen LogP) is 3.91. The van der Waals surface area contributed by atoms with Crippen molar-refractivity contribution in [2.75, 3.05) is 5.32 Å². The number of anilines is 1. The van der Waals surface area contributed by atoms with Crippen molar-refractivity contribution in [2.24, 2.45) is 5.92 Å². The molecular formula is C19H18N2O2. The van der Waals surface area contributed by atoms with Crippen LogP contribution < -0.4 is 5.32 Å². The number of nitrogens with zero attached hydrogens (tertiary/aromatic N) is 1. The molecule has 4 heteroatoms. The largest absolute Gasteiger partial charge is 0.478 e. The number of benzene rings is 1. The summed E-state index contributed by atoms with van der Waals surface area (Å²) in [7, 11) is 0. The van der Waals surface area contributed by atoms with E-state index in [0.29, 0.717) is 11.5 Å². The number of fused-ring (bicyclic) bond motifs is 3. The van der Waals surface area contributed by atoms with Gasteiger partial charge in [-0.15, -0.1) is 0 Å². The monoisotopic (exact) mass is 306 g/mol. The molecule has 116 valence electrons. The lowest BCUT2D eigenvalue weighted by molar-refractivity contribution is 0.0695. The van der Waals surface area contributed by atoms with E-state index in [0.717, 1.165) is 28.9 Å². The first-order valence-corrected chi connectivity index (χ1v) is 7.87. The lowest BCUT2D eigenvalue weighted by Crippen LogP contribution is -2.31. The van der Waals surface area contributed by atoms with E-state index < -0.39 is 5.97 Å². The number of carboxylic acid groups (broad SMARTS) is 1. The molecule has 2 N–H and O–H groups in total. The number of aromatic nitrogens is 1. The highest BCUT2D eigenvalue weighted by molar-refractivity contribution is 5.93. The minimum atomic E-state index is -0.863. The highest BCUT2D eigenvalue weighted by Crippen LogP contribution is 2.51. The van der Waals surface area contributed by atoms with Crippen molar-refractivity contribution in [2.45, 2.75) is 25.3 Å². The third kappa shape index (κ3) is 2.13. The van der Waals surface area contributed by atoms with Gasteiger partial charge in [-0.3, -0.25) is 4.98 Å². The van der Waals surface area contributed by atoms with Gasteiger partial charge < -0.3 is 10.4 Å². The van der Waals surface area contributed by atoms with Crippen LogP contribution in [-0.4, -0.2) is 16.1 Å². The summed E-state index contributed by atoms with van der Waals surface area (Å²) < 4.78 is 0. The summed E-state index contributed by atoms with van der Waals surface area (Å²) in [4.78, 5) is 16.2. The normalized spacial score (nSPS) is 24.7. The van der Waals surface area contributed by atoms with Crippen molar-refractivity contribution < 1.29 is 9.90 Å². The maximum atomic E-state index is 11.7. The fraction of sp³-hybridized carbons (Fsp3) is 0.263. The first kappa shape index (κ1) is 14.0. The molecule has 0 saturated heterocycles. The van der Waals surface area contributed by atoms with Crippen LogP contribution in [0.15, 0.2) is 48.7 Å². The minimum Gasteiger partial charge on any atom is -0.478 e. The van der Waals surface area contributed by atoms with Crippen molar-refractivity contribution >= 4 is 11.7 Å². The molecule has 4 nitrogen and oxygen atoms in total. The van der Waals surface area contributed by atoms with Gasteiger partial charge >= 0.3 is 5.97 Å². The number of hydrogen-bond donors (Lipinski definition) is 2. The summed E-state index contributed by atoms with van der Waals surface area (Å²) in [5.41, 5.74) is 4.36. The van der Waals surface area contributed by atoms with Crippen LogP contribution in [0.3, 0.4) is 0 Å². The van der Waals surface area contributed by atoms with E-state index in [9.17, 15) is 9.90 Å². The highest BCUT2D eigenvalue weighted by Gasteiger charge is 2.40. The zero-order valence-corrected chi connectivity index (χ0v) is 12.9. The molecule has 0 saturated carbocycles. The Labute approximate surface area is 134 Å². The molecule has 0 amide bonds. The summed E-state index contributed by atoms with van der Waals surface area (Å²) in [5, 5.41) is 13.2. The van der Waals surface area contributed by atoms with Crippen LogP contribution >= 0.6 is 0 Å². The average molecular weight is 306 g/mol. The van der Waals surface area contributed by atoms with Crippen LogP contribution in [0.1, 0.15) is 45.6 Å². The third-order valence-electron chi connectivity index (χ3n) is 4.96. The second-order valence-electron chi connectivity index (χ2n) is 6.25. The van der Waals surface area contributed by atoms with E-state index in [1.165, 1.54) is 0 Å². The minimum absolute atomic E-state index is 0.103. The average Bonchev–Trinajstić information content (AvgIpc) is 3.05. The van der Waals surface area contributed by atoms with Crippen LogP contribution in [0, 0.1) is 12.8 Å². The Morgan fingerprint density at radius 1 is 1.30 bits per heavy atom. The smallest absolute Gasteiger partial charge is 0.336 e. The lowest BCUT2D eigenvalue weighted by atomic mass is 9.75. The molecule has 1 aromatic heterocycles. The Balaban J connectivity index is 1.89.